The second-order valence-corrected chi connectivity index (χ2v) is 5.26. The van der Waals surface area contributed by atoms with E-state index in [0.717, 1.165) is 12.0 Å². The first-order valence-corrected chi connectivity index (χ1v) is 6.86. The molecule has 2 saturated heterocycles. The molecule has 0 radical (unpaired) electrons. The molecule has 0 aliphatic carbocycles. The van der Waals surface area contributed by atoms with E-state index >= 15 is 0 Å². The largest absolute Gasteiger partial charge is 0.314 e. The zero-order valence-corrected chi connectivity index (χ0v) is 10.2. The number of unbranched alkanes of at least 4 members (excludes halogenated alkanes) is 1. The standard InChI is InChI=1S/C13H26N2/c1-2-3-9-15-10-5-6-12(11-15)13-7-4-8-14-13/h12-14H,2-11H2,1H3. The van der Waals surface area contributed by atoms with Gasteiger partial charge < -0.3 is 10.2 Å². The molecule has 88 valence electrons. The first-order valence-electron chi connectivity index (χ1n) is 6.86. The molecule has 0 aromatic rings. The van der Waals surface area contributed by atoms with Crippen molar-refractivity contribution >= 4 is 0 Å². The summed E-state index contributed by atoms with van der Waals surface area (Å²) in [5, 5.41) is 3.68. The Labute approximate surface area is 94.4 Å². The average Bonchev–Trinajstić information content (AvgIpc) is 2.80. The van der Waals surface area contributed by atoms with Crippen molar-refractivity contribution in [3.63, 3.8) is 0 Å². The van der Waals surface area contributed by atoms with Crippen LogP contribution in [0.15, 0.2) is 0 Å². The van der Waals surface area contributed by atoms with Crippen molar-refractivity contribution < 1.29 is 0 Å². The highest BCUT2D eigenvalue weighted by atomic mass is 15.1. The molecule has 2 aliphatic heterocycles. The van der Waals surface area contributed by atoms with E-state index in [2.05, 4.69) is 17.1 Å². The summed E-state index contributed by atoms with van der Waals surface area (Å²) in [6, 6.07) is 0.842. The van der Waals surface area contributed by atoms with E-state index in [-0.39, 0.29) is 0 Å². The maximum Gasteiger partial charge on any atom is 0.0108 e. The molecule has 2 aliphatic rings. The van der Waals surface area contributed by atoms with E-state index in [0.29, 0.717) is 0 Å². The van der Waals surface area contributed by atoms with Gasteiger partial charge in [-0.25, -0.2) is 0 Å². The maximum absolute atomic E-state index is 3.68. The minimum Gasteiger partial charge on any atom is -0.314 e. The topological polar surface area (TPSA) is 15.3 Å². The van der Waals surface area contributed by atoms with Crippen LogP contribution in [-0.2, 0) is 0 Å². The molecule has 2 nitrogen and oxygen atoms in total. The van der Waals surface area contributed by atoms with Crippen molar-refractivity contribution in [2.45, 2.75) is 51.5 Å². The van der Waals surface area contributed by atoms with Crippen molar-refractivity contribution in [2.75, 3.05) is 26.2 Å². The van der Waals surface area contributed by atoms with Gasteiger partial charge >= 0.3 is 0 Å². The van der Waals surface area contributed by atoms with Crippen LogP contribution in [0.2, 0.25) is 0 Å². The van der Waals surface area contributed by atoms with Crippen LogP contribution in [0.4, 0.5) is 0 Å². The van der Waals surface area contributed by atoms with Gasteiger partial charge in [0.1, 0.15) is 0 Å². The monoisotopic (exact) mass is 210 g/mol. The number of hydrogen-bond acceptors (Lipinski definition) is 2. The van der Waals surface area contributed by atoms with Crippen LogP contribution in [0.25, 0.3) is 0 Å². The minimum atomic E-state index is 0.842. The van der Waals surface area contributed by atoms with Crippen LogP contribution in [0.1, 0.15) is 45.4 Å². The highest BCUT2D eigenvalue weighted by Gasteiger charge is 2.28. The third-order valence-corrected chi connectivity index (χ3v) is 4.04. The smallest absolute Gasteiger partial charge is 0.0108 e. The molecule has 15 heavy (non-hydrogen) atoms. The summed E-state index contributed by atoms with van der Waals surface area (Å²) in [5.41, 5.74) is 0. The number of piperidine rings is 1. The summed E-state index contributed by atoms with van der Waals surface area (Å²) in [4.78, 5) is 2.69. The third-order valence-electron chi connectivity index (χ3n) is 4.04. The van der Waals surface area contributed by atoms with Crippen LogP contribution < -0.4 is 5.32 Å². The van der Waals surface area contributed by atoms with Crippen LogP contribution in [0.3, 0.4) is 0 Å². The van der Waals surface area contributed by atoms with Gasteiger partial charge in [-0.15, -0.1) is 0 Å². The predicted octanol–water partition coefficient (Wildman–Crippen LogP) is 2.25. The van der Waals surface area contributed by atoms with E-state index in [1.807, 2.05) is 0 Å². The Hall–Kier alpha value is -0.0800. The molecule has 2 rings (SSSR count). The Morgan fingerprint density at radius 2 is 2.20 bits per heavy atom. The normalized spacial score (nSPS) is 33.4. The van der Waals surface area contributed by atoms with Crippen molar-refractivity contribution in [2.24, 2.45) is 5.92 Å². The summed E-state index contributed by atoms with van der Waals surface area (Å²) < 4.78 is 0. The number of hydrogen-bond donors (Lipinski definition) is 1. The van der Waals surface area contributed by atoms with E-state index in [9.17, 15) is 0 Å². The predicted molar refractivity (Wildman–Crippen MR) is 65.1 cm³/mol. The number of rotatable bonds is 4. The molecule has 0 aromatic carbocycles. The summed E-state index contributed by atoms with van der Waals surface area (Å²) in [6.07, 6.45) is 8.42. The highest BCUT2D eigenvalue weighted by molar-refractivity contribution is 4.86. The molecule has 1 N–H and O–H groups in total. The SMILES string of the molecule is CCCCN1CCCC(C2CCCN2)C1. The minimum absolute atomic E-state index is 0.842. The molecule has 2 fully saturated rings. The Bertz CT molecular complexity index is 175. The lowest BCUT2D eigenvalue weighted by molar-refractivity contribution is 0.150. The lowest BCUT2D eigenvalue weighted by Crippen LogP contribution is -2.43. The van der Waals surface area contributed by atoms with Crippen LogP contribution in [0.5, 0.6) is 0 Å². The van der Waals surface area contributed by atoms with Gasteiger partial charge in [0.05, 0.1) is 0 Å². The second-order valence-electron chi connectivity index (χ2n) is 5.26. The van der Waals surface area contributed by atoms with E-state index in [1.54, 1.807) is 0 Å². The van der Waals surface area contributed by atoms with Gasteiger partial charge in [-0.1, -0.05) is 13.3 Å². The van der Waals surface area contributed by atoms with Gasteiger partial charge in [0.2, 0.25) is 0 Å². The molecule has 2 atom stereocenters. The van der Waals surface area contributed by atoms with Crippen molar-refractivity contribution in [1.82, 2.24) is 10.2 Å². The van der Waals surface area contributed by atoms with Crippen LogP contribution >= 0.6 is 0 Å². The molecular weight excluding hydrogens is 184 g/mol. The number of likely N-dealkylation sites (tertiary alicyclic amines) is 1. The van der Waals surface area contributed by atoms with Gasteiger partial charge in [-0.2, -0.15) is 0 Å². The lowest BCUT2D eigenvalue weighted by atomic mass is 9.89. The zero-order chi connectivity index (χ0) is 10.5. The molecule has 0 saturated carbocycles. The van der Waals surface area contributed by atoms with Crippen LogP contribution in [0, 0.1) is 5.92 Å². The summed E-state index contributed by atoms with van der Waals surface area (Å²) >= 11 is 0. The maximum atomic E-state index is 3.68. The summed E-state index contributed by atoms with van der Waals surface area (Å²) in [6.45, 7) is 7.59. The van der Waals surface area contributed by atoms with Crippen LogP contribution in [-0.4, -0.2) is 37.1 Å². The zero-order valence-electron chi connectivity index (χ0n) is 10.2. The molecule has 2 unspecified atom stereocenters. The number of nitrogens with one attached hydrogen (secondary N) is 1. The molecule has 2 heterocycles. The molecular formula is C13H26N2. The molecule has 0 aromatic heterocycles. The molecule has 0 amide bonds. The Morgan fingerprint density at radius 3 is 2.93 bits per heavy atom. The Balaban J connectivity index is 1.75. The molecule has 0 spiro atoms. The number of nitrogens with zero attached hydrogens (tertiary/aromatic N) is 1. The highest BCUT2D eigenvalue weighted by Crippen LogP contribution is 2.24. The summed E-state index contributed by atoms with van der Waals surface area (Å²) in [5.74, 6) is 0.943. The van der Waals surface area contributed by atoms with Gasteiger partial charge in [0.25, 0.3) is 0 Å². The lowest BCUT2D eigenvalue weighted by Gasteiger charge is -2.35. The fourth-order valence-corrected chi connectivity index (χ4v) is 3.12. The Morgan fingerprint density at radius 1 is 1.27 bits per heavy atom. The van der Waals surface area contributed by atoms with Gasteiger partial charge in [0.15, 0.2) is 0 Å². The Kier molecular flexibility index (Phi) is 4.45. The van der Waals surface area contributed by atoms with Crippen molar-refractivity contribution in [3.05, 3.63) is 0 Å². The first-order chi connectivity index (χ1) is 7.40. The fourth-order valence-electron chi connectivity index (χ4n) is 3.12. The quantitative estimate of drug-likeness (QED) is 0.765. The van der Waals surface area contributed by atoms with E-state index in [1.165, 1.54) is 64.7 Å². The third kappa shape index (κ3) is 3.18. The summed E-state index contributed by atoms with van der Waals surface area (Å²) in [7, 11) is 0. The molecule has 0 bridgehead atoms. The molecule has 2 heteroatoms. The fraction of sp³-hybridized carbons (Fsp3) is 1.00. The first kappa shape index (κ1) is 11.4. The van der Waals surface area contributed by atoms with Gasteiger partial charge in [0, 0.05) is 12.6 Å². The van der Waals surface area contributed by atoms with E-state index < -0.39 is 0 Å². The average molecular weight is 210 g/mol. The second kappa shape index (κ2) is 5.86. The van der Waals surface area contributed by atoms with E-state index in [4.69, 9.17) is 0 Å². The van der Waals surface area contributed by atoms with Gasteiger partial charge in [-0.3, -0.25) is 0 Å². The van der Waals surface area contributed by atoms with Crippen molar-refractivity contribution in [3.8, 4) is 0 Å². The van der Waals surface area contributed by atoms with Crippen molar-refractivity contribution in [1.29, 1.82) is 0 Å². The van der Waals surface area contributed by atoms with Gasteiger partial charge in [-0.05, 0) is 57.7 Å².